The molecule has 120 valence electrons. The molecule has 2 aromatic rings. The molecule has 0 unspecified atom stereocenters. The number of rotatable bonds is 4. The fourth-order valence-corrected chi connectivity index (χ4v) is 2.03. The van der Waals surface area contributed by atoms with Crippen LogP contribution in [-0.4, -0.2) is 23.4 Å². The van der Waals surface area contributed by atoms with E-state index in [4.69, 9.17) is 27.9 Å². The van der Waals surface area contributed by atoms with Crippen LogP contribution in [0.4, 0.5) is 0 Å². The minimum Gasteiger partial charge on any atom is -0.482 e. The van der Waals surface area contributed by atoms with Crippen LogP contribution in [0.25, 0.3) is 0 Å². The lowest BCUT2D eigenvalue weighted by molar-refractivity contribution is -0.123. The smallest absolute Gasteiger partial charge is 0.276 e. The Balaban J connectivity index is 1.85. The Morgan fingerprint density at radius 3 is 2.65 bits per heavy atom. The summed E-state index contributed by atoms with van der Waals surface area (Å²) in [6, 6.07) is 7.36. The molecule has 0 aliphatic carbocycles. The fraction of sp³-hybridized carbons (Fsp3) is 0.0714. The standard InChI is InChI=1S/C14H11Cl2N3O4/c15-8-3-4-11(10(16)6-8)23-7-12(20)18-19-14(22)9-2-1-5-17-13(9)21/h1-6H,7H2,(H,17,21)(H,18,20)(H,19,22). The third-order valence-electron chi connectivity index (χ3n) is 2.63. The van der Waals surface area contributed by atoms with Crippen LogP contribution in [0.1, 0.15) is 10.4 Å². The Hall–Kier alpha value is -2.51. The lowest BCUT2D eigenvalue weighted by Gasteiger charge is -2.09. The summed E-state index contributed by atoms with van der Waals surface area (Å²) in [5, 5.41) is 0.692. The molecule has 0 bridgehead atoms. The molecule has 0 aliphatic rings. The van der Waals surface area contributed by atoms with Gasteiger partial charge in [-0.15, -0.1) is 0 Å². The summed E-state index contributed by atoms with van der Waals surface area (Å²) in [5.74, 6) is -1.10. The number of ether oxygens (including phenoxy) is 1. The van der Waals surface area contributed by atoms with Gasteiger partial charge < -0.3 is 9.72 Å². The highest BCUT2D eigenvalue weighted by atomic mass is 35.5. The highest BCUT2D eigenvalue weighted by molar-refractivity contribution is 6.35. The van der Waals surface area contributed by atoms with Gasteiger partial charge in [0, 0.05) is 11.2 Å². The van der Waals surface area contributed by atoms with Crippen molar-refractivity contribution in [2.75, 3.05) is 6.61 Å². The number of hydrazine groups is 1. The SMILES string of the molecule is O=C(COc1ccc(Cl)cc1Cl)NNC(=O)c1ccc[nH]c1=O. The van der Waals surface area contributed by atoms with E-state index in [-0.39, 0.29) is 22.9 Å². The van der Waals surface area contributed by atoms with E-state index in [9.17, 15) is 14.4 Å². The number of nitrogens with one attached hydrogen (secondary N) is 3. The van der Waals surface area contributed by atoms with Gasteiger partial charge in [0.05, 0.1) is 5.02 Å². The minimum absolute atomic E-state index is 0.130. The van der Waals surface area contributed by atoms with Gasteiger partial charge in [-0.2, -0.15) is 0 Å². The summed E-state index contributed by atoms with van der Waals surface area (Å²) in [6.45, 7) is -0.382. The number of halogens is 2. The van der Waals surface area contributed by atoms with Gasteiger partial charge in [0.1, 0.15) is 11.3 Å². The summed E-state index contributed by atoms with van der Waals surface area (Å²) < 4.78 is 5.19. The van der Waals surface area contributed by atoms with Crippen molar-refractivity contribution in [2.45, 2.75) is 0 Å². The van der Waals surface area contributed by atoms with E-state index in [1.807, 2.05) is 0 Å². The third-order valence-corrected chi connectivity index (χ3v) is 3.16. The van der Waals surface area contributed by atoms with E-state index < -0.39 is 17.4 Å². The fourth-order valence-electron chi connectivity index (χ4n) is 1.57. The summed E-state index contributed by atoms with van der Waals surface area (Å²) in [7, 11) is 0. The van der Waals surface area contributed by atoms with Crippen LogP contribution >= 0.6 is 23.2 Å². The van der Waals surface area contributed by atoms with Gasteiger partial charge >= 0.3 is 0 Å². The van der Waals surface area contributed by atoms with Gasteiger partial charge in [0.25, 0.3) is 17.4 Å². The molecular formula is C14H11Cl2N3O4. The first-order chi connectivity index (χ1) is 11.0. The average Bonchev–Trinajstić information content (AvgIpc) is 2.52. The molecule has 2 amide bonds. The Morgan fingerprint density at radius 1 is 1.17 bits per heavy atom. The molecule has 0 spiro atoms. The zero-order chi connectivity index (χ0) is 16.8. The van der Waals surface area contributed by atoms with Crippen LogP contribution in [0.3, 0.4) is 0 Å². The molecule has 0 aliphatic heterocycles. The normalized spacial score (nSPS) is 10.0. The van der Waals surface area contributed by atoms with Crippen molar-refractivity contribution >= 4 is 35.0 Å². The highest BCUT2D eigenvalue weighted by Crippen LogP contribution is 2.27. The molecule has 0 radical (unpaired) electrons. The molecule has 0 fully saturated rings. The zero-order valence-electron chi connectivity index (χ0n) is 11.6. The van der Waals surface area contributed by atoms with Crippen molar-refractivity contribution in [3.8, 4) is 5.75 Å². The highest BCUT2D eigenvalue weighted by Gasteiger charge is 2.11. The summed E-state index contributed by atoms with van der Waals surface area (Å²) in [4.78, 5) is 37.1. The first-order valence-electron chi connectivity index (χ1n) is 6.32. The number of benzene rings is 1. The molecule has 7 nitrogen and oxygen atoms in total. The quantitative estimate of drug-likeness (QED) is 0.723. The Morgan fingerprint density at radius 2 is 1.96 bits per heavy atom. The number of pyridine rings is 1. The van der Waals surface area contributed by atoms with Crippen molar-refractivity contribution in [2.24, 2.45) is 0 Å². The molecule has 0 saturated carbocycles. The molecule has 1 aromatic heterocycles. The topological polar surface area (TPSA) is 100 Å². The summed E-state index contributed by atoms with van der Waals surface area (Å²) >= 11 is 11.6. The summed E-state index contributed by atoms with van der Waals surface area (Å²) in [6.07, 6.45) is 1.39. The Labute approximate surface area is 140 Å². The molecule has 23 heavy (non-hydrogen) atoms. The van der Waals surface area contributed by atoms with Gasteiger partial charge in [-0.3, -0.25) is 25.2 Å². The van der Waals surface area contributed by atoms with Crippen molar-refractivity contribution in [1.29, 1.82) is 0 Å². The third kappa shape index (κ3) is 4.73. The van der Waals surface area contributed by atoms with Gasteiger partial charge in [-0.25, -0.2) is 0 Å². The zero-order valence-corrected chi connectivity index (χ0v) is 13.1. The number of aromatic nitrogens is 1. The van der Waals surface area contributed by atoms with E-state index in [2.05, 4.69) is 15.8 Å². The van der Waals surface area contributed by atoms with E-state index in [0.29, 0.717) is 5.02 Å². The Kier molecular flexibility index (Phi) is 5.61. The molecule has 9 heteroatoms. The molecule has 1 heterocycles. The van der Waals surface area contributed by atoms with E-state index in [1.54, 1.807) is 6.07 Å². The molecule has 0 saturated heterocycles. The maximum Gasteiger partial charge on any atom is 0.276 e. The van der Waals surface area contributed by atoms with E-state index >= 15 is 0 Å². The number of amides is 2. The average molecular weight is 356 g/mol. The van der Waals surface area contributed by atoms with Gasteiger partial charge in [0.15, 0.2) is 6.61 Å². The second kappa shape index (κ2) is 7.66. The van der Waals surface area contributed by atoms with Gasteiger partial charge in [0.2, 0.25) is 0 Å². The van der Waals surface area contributed by atoms with Crippen LogP contribution in [0.2, 0.25) is 10.0 Å². The van der Waals surface area contributed by atoms with Crippen LogP contribution in [0, 0.1) is 0 Å². The molecule has 3 N–H and O–H groups in total. The maximum absolute atomic E-state index is 11.7. The van der Waals surface area contributed by atoms with Crippen molar-refractivity contribution in [3.05, 3.63) is 62.5 Å². The minimum atomic E-state index is -0.746. The van der Waals surface area contributed by atoms with Gasteiger partial charge in [-0.05, 0) is 30.3 Å². The monoisotopic (exact) mass is 355 g/mol. The Bertz CT molecular complexity index is 792. The second-order valence-corrected chi connectivity index (χ2v) is 5.12. The first kappa shape index (κ1) is 16.9. The number of aromatic amines is 1. The van der Waals surface area contributed by atoms with Gasteiger partial charge in [-0.1, -0.05) is 23.2 Å². The van der Waals surface area contributed by atoms with Crippen LogP contribution in [0.15, 0.2) is 41.3 Å². The predicted molar refractivity (Wildman–Crippen MR) is 84.6 cm³/mol. The number of hydrogen-bond donors (Lipinski definition) is 3. The van der Waals surface area contributed by atoms with Crippen LogP contribution in [-0.2, 0) is 4.79 Å². The number of carbonyl (C=O) groups excluding carboxylic acids is 2. The van der Waals surface area contributed by atoms with E-state index in [1.165, 1.54) is 30.5 Å². The van der Waals surface area contributed by atoms with Crippen molar-refractivity contribution in [3.63, 3.8) is 0 Å². The summed E-state index contributed by atoms with van der Waals surface area (Å²) in [5.41, 5.74) is 3.53. The van der Waals surface area contributed by atoms with Crippen molar-refractivity contribution in [1.82, 2.24) is 15.8 Å². The van der Waals surface area contributed by atoms with Crippen LogP contribution in [0.5, 0.6) is 5.75 Å². The lowest BCUT2D eigenvalue weighted by Crippen LogP contribution is -2.45. The molecule has 0 atom stereocenters. The first-order valence-corrected chi connectivity index (χ1v) is 7.07. The molecular weight excluding hydrogens is 345 g/mol. The molecule has 1 aromatic carbocycles. The second-order valence-electron chi connectivity index (χ2n) is 4.28. The predicted octanol–water partition coefficient (Wildman–Crippen LogP) is 1.52. The lowest BCUT2D eigenvalue weighted by atomic mass is 10.3. The number of carbonyl (C=O) groups is 2. The van der Waals surface area contributed by atoms with E-state index in [0.717, 1.165) is 0 Å². The van der Waals surface area contributed by atoms with Crippen LogP contribution < -0.4 is 21.1 Å². The number of hydrogen-bond acceptors (Lipinski definition) is 4. The maximum atomic E-state index is 11.7. The number of H-pyrrole nitrogens is 1. The largest absolute Gasteiger partial charge is 0.482 e. The van der Waals surface area contributed by atoms with Crippen molar-refractivity contribution < 1.29 is 14.3 Å². The molecule has 2 rings (SSSR count).